The monoisotopic (exact) mass is 357 g/mol. The molecule has 136 valence electrons. The molecule has 0 saturated heterocycles. The molecule has 2 aromatic carbocycles. The van der Waals surface area contributed by atoms with Gasteiger partial charge >= 0.3 is 0 Å². The molecule has 1 amide bonds. The molecule has 0 aromatic heterocycles. The molecule has 1 saturated carbocycles. The fraction of sp³-hybridized carbons (Fsp3) is 0.381. The first-order valence-corrected chi connectivity index (χ1v) is 8.99. The topological polar surface area (TPSA) is 40.5 Å². The predicted octanol–water partition coefficient (Wildman–Crippen LogP) is 3.73. The number of rotatable bonds is 3. The molecule has 1 aliphatic heterocycles. The van der Waals surface area contributed by atoms with Crippen LogP contribution in [0.3, 0.4) is 0 Å². The van der Waals surface area contributed by atoms with Gasteiger partial charge in [0.15, 0.2) is 0 Å². The molecule has 2 aromatic rings. The molecule has 0 radical (unpaired) electrons. The molecule has 2 atom stereocenters. The number of aryl methyl sites for hydroxylation is 1. The third kappa shape index (κ3) is 2.90. The van der Waals surface area contributed by atoms with Crippen LogP contribution < -0.4 is 0 Å². The third-order valence-corrected chi connectivity index (χ3v) is 5.63. The number of aliphatic hydroxyl groups excluding tert-OH is 1. The van der Waals surface area contributed by atoms with Crippen LogP contribution in [0.5, 0.6) is 0 Å². The van der Waals surface area contributed by atoms with E-state index in [4.69, 9.17) is 0 Å². The summed E-state index contributed by atoms with van der Waals surface area (Å²) in [4.78, 5) is 14.6. The van der Waals surface area contributed by atoms with E-state index in [2.05, 4.69) is 0 Å². The average molecular weight is 357 g/mol. The molecule has 1 N–H and O–H groups in total. The van der Waals surface area contributed by atoms with Crippen molar-refractivity contribution in [3.8, 4) is 0 Å². The molecule has 0 spiro atoms. The highest BCUT2D eigenvalue weighted by atomic mass is 19.1. The van der Waals surface area contributed by atoms with Gasteiger partial charge in [-0.3, -0.25) is 4.79 Å². The van der Waals surface area contributed by atoms with E-state index in [0.717, 1.165) is 42.0 Å². The van der Waals surface area contributed by atoms with E-state index in [-0.39, 0.29) is 11.9 Å². The zero-order valence-corrected chi connectivity index (χ0v) is 14.6. The highest BCUT2D eigenvalue weighted by Gasteiger charge is 2.38. The Morgan fingerprint density at radius 3 is 2.65 bits per heavy atom. The number of carbonyl (C=O) groups excluding carboxylic acids is 1. The second-order valence-electron chi connectivity index (χ2n) is 7.35. The van der Waals surface area contributed by atoms with Crippen LogP contribution in [0.2, 0.25) is 0 Å². The molecule has 1 fully saturated rings. The summed E-state index contributed by atoms with van der Waals surface area (Å²) in [5.74, 6) is -1.24. The van der Waals surface area contributed by atoms with Crippen LogP contribution in [0.4, 0.5) is 8.78 Å². The fourth-order valence-corrected chi connectivity index (χ4v) is 4.17. The maximum Gasteiger partial charge on any atom is 0.254 e. The molecule has 1 heterocycles. The smallest absolute Gasteiger partial charge is 0.254 e. The minimum Gasteiger partial charge on any atom is -0.391 e. The van der Waals surface area contributed by atoms with Gasteiger partial charge in [-0.05, 0) is 60.6 Å². The van der Waals surface area contributed by atoms with Crippen LogP contribution in [0.1, 0.15) is 51.9 Å². The van der Waals surface area contributed by atoms with Gasteiger partial charge in [-0.15, -0.1) is 0 Å². The number of halogens is 2. The van der Waals surface area contributed by atoms with Gasteiger partial charge < -0.3 is 10.0 Å². The summed E-state index contributed by atoms with van der Waals surface area (Å²) < 4.78 is 27.1. The Morgan fingerprint density at radius 2 is 1.96 bits per heavy atom. The Morgan fingerprint density at radius 1 is 1.15 bits per heavy atom. The van der Waals surface area contributed by atoms with Gasteiger partial charge in [0.05, 0.1) is 12.1 Å². The Bertz CT molecular complexity index is 881. The normalized spacial score (nSPS) is 22.2. The van der Waals surface area contributed by atoms with E-state index in [1.165, 1.54) is 12.1 Å². The summed E-state index contributed by atoms with van der Waals surface area (Å²) >= 11 is 0. The summed E-state index contributed by atoms with van der Waals surface area (Å²) in [6, 6.07) is 7.26. The van der Waals surface area contributed by atoms with Crippen molar-refractivity contribution in [2.24, 2.45) is 0 Å². The molecular weight excluding hydrogens is 336 g/mol. The van der Waals surface area contributed by atoms with Crippen molar-refractivity contribution in [2.75, 3.05) is 0 Å². The summed E-state index contributed by atoms with van der Waals surface area (Å²) in [5.41, 5.74) is 3.83. The number of fused-ring (bicyclic) bond motifs is 1. The molecule has 0 unspecified atom stereocenters. The molecule has 0 bridgehead atoms. The fourth-order valence-electron chi connectivity index (χ4n) is 4.17. The molecule has 2 aliphatic rings. The van der Waals surface area contributed by atoms with Crippen molar-refractivity contribution < 1.29 is 18.7 Å². The van der Waals surface area contributed by atoms with Gasteiger partial charge in [0.1, 0.15) is 11.6 Å². The first-order chi connectivity index (χ1) is 12.4. The van der Waals surface area contributed by atoms with Crippen LogP contribution in [-0.4, -0.2) is 28.1 Å². The van der Waals surface area contributed by atoms with Crippen molar-refractivity contribution in [1.82, 2.24) is 4.90 Å². The average Bonchev–Trinajstić information content (AvgIpc) is 3.14. The minimum absolute atomic E-state index is 0.0632. The van der Waals surface area contributed by atoms with Crippen LogP contribution in [0, 0.1) is 18.6 Å². The number of hydrogen-bond donors (Lipinski definition) is 1. The molecule has 5 heteroatoms. The number of hydrogen-bond acceptors (Lipinski definition) is 2. The minimum atomic E-state index is -0.599. The van der Waals surface area contributed by atoms with E-state index in [9.17, 15) is 18.7 Å². The quantitative estimate of drug-likeness (QED) is 0.909. The highest BCUT2D eigenvalue weighted by molar-refractivity contribution is 5.99. The standard InChI is InChI=1S/C21H21F2NO2/c1-12-7-15-11-24(19-3-2-4-20(19)25)21(26)17(15)9-14(12)8-13-5-6-16(22)10-18(13)23/h5-7,9-10,19-20,25H,2-4,8,11H2,1H3/t19-,20-/m1/s1. The second kappa shape index (κ2) is 6.47. The number of aliphatic hydroxyl groups is 1. The van der Waals surface area contributed by atoms with Gasteiger partial charge in [-0.25, -0.2) is 8.78 Å². The lowest BCUT2D eigenvalue weighted by Crippen LogP contribution is -2.40. The number of benzene rings is 2. The Hall–Kier alpha value is -2.27. The highest BCUT2D eigenvalue weighted by Crippen LogP contribution is 2.33. The van der Waals surface area contributed by atoms with Crippen LogP contribution in [-0.2, 0) is 13.0 Å². The lowest BCUT2D eigenvalue weighted by molar-refractivity contribution is 0.0479. The Kier molecular flexibility index (Phi) is 4.27. The largest absolute Gasteiger partial charge is 0.391 e. The van der Waals surface area contributed by atoms with Gasteiger partial charge in [-0.1, -0.05) is 12.1 Å². The number of amides is 1. The molecular formula is C21H21F2NO2. The molecule has 1 aliphatic carbocycles. The summed E-state index contributed by atoms with van der Waals surface area (Å²) in [6.07, 6.45) is 2.35. The van der Waals surface area contributed by atoms with E-state index in [0.29, 0.717) is 24.1 Å². The maximum atomic E-state index is 14.0. The van der Waals surface area contributed by atoms with Crippen molar-refractivity contribution in [3.63, 3.8) is 0 Å². The van der Waals surface area contributed by atoms with Gasteiger partial charge in [0, 0.05) is 24.6 Å². The van der Waals surface area contributed by atoms with E-state index in [1.54, 1.807) is 4.90 Å². The van der Waals surface area contributed by atoms with Crippen molar-refractivity contribution in [2.45, 2.75) is 51.3 Å². The van der Waals surface area contributed by atoms with E-state index >= 15 is 0 Å². The van der Waals surface area contributed by atoms with Gasteiger partial charge in [0.25, 0.3) is 5.91 Å². The first kappa shape index (κ1) is 17.2. The Labute approximate surface area is 151 Å². The predicted molar refractivity (Wildman–Crippen MR) is 93.9 cm³/mol. The van der Waals surface area contributed by atoms with Gasteiger partial charge in [-0.2, -0.15) is 0 Å². The van der Waals surface area contributed by atoms with Crippen LogP contribution >= 0.6 is 0 Å². The second-order valence-corrected chi connectivity index (χ2v) is 7.35. The van der Waals surface area contributed by atoms with Crippen LogP contribution in [0.25, 0.3) is 0 Å². The number of carbonyl (C=O) groups is 1. The zero-order chi connectivity index (χ0) is 18.4. The summed E-state index contributed by atoms with van der Waals surface area (Å²) in [5, 5.41) is 10.1. The molecule has 3 nitrogen and oxygen atoms in total. The zero-order valence-electron chi connectivity index (χ0n) is 14.6. The lowest BCUT2D eigenvalue weighted by atomic mass is 9.95. The van der Waals surface area contributed by atoms with Crippen molar-refractivity contribution in [1.29, 1.82) is 0 Å². The summed E-state index contributed by atoms with van der Waals surface area (Å²) in [6.45, 7) is 2.45. The Balaban J connectivity index is 1.63. The lowest BCUT2D eigenvalue weighted by Gasteiger charge is -2.26. The van der Waals surface area contributed by atoms with Crippen molar-refractivity contribution in [3.05, 3.63) is 69.8 Å². The number of nitrogens with zero attached hydrogens (tertiary/aromatic N) is 1. The molecule has 26 heavy (non-hydrogen) atoms. The van der Waals surface area contributed by atoms with Crippen molar-refractivity contribution >= 4 is 5.91 Å². The maximum absolute atomic E-state index is 14.0. The SMILES string of the molecule is Cc1cc2c(cc1Cc1ccc(F)cc1F)C(=O)N([C@@H]1CCC[C@H]1O)C2. The van der Waals surface area contributed by atoms with Crippen LogP contribution in [0.15, 0.2) is 30.3 Å². The van der Waals surface area contributed by atoms with Gasteiger partial charge in [0.2, 0.25) is 0 Å². The summed E-state index contributed by atoms with van der Waals surface area (Å²) in [7, 11) is 0. The molecule has 4 rings (SSSR count). The third-order valence-electron chi connectivity index (χ3n) is 5.63. The van der Waals surface area contributed by atoms with E-state index < -0.39 is 17.7 Å². The van der Waals surface area contributed by atoms with E-state index in [1.807, 2.05) is 19.1 Å². The first-order valence-electron chi connectivity index (χ1n) is 8.99.